The van der Waals surface area contributed by atoms with E-state index in [9.17, 15) is 0 Å². The Bertz CT molecular complexity index is 920. The van der Waals surface area contributed by atoms with Crippen molar-refractivity contribution in [3.8, 4) is 0 Å². The summed E-state index contributed by atoms with van der Waals surface area (Å²) in [6, 6.07) is 21.4. The minimum absolute atomic E-state index is 0.134. The highest BCUT2D eigenvalue weighted by Gasteiger charge is 2.37. The van der Waals surface area contributed by atoms with Gasteiger partial charge in [-0.15, -0.1) is 0 Å². The van der Waals surface area contributed by atoms with Crippen LogP contribution >= 0.6 is 12.2 Å². The lowest BCUT2D eigenvalue weighted by molar-refractivity contribution is 0.226. The molecule has 2 nitrogen and oxygen atoms in total. The Morgan fingerprint density at radius 1 is 0.929 bits per heavy atom. The van der Waals surface area contributed by atoms with Gasteiger partial charge in [-0.05, 0) is 64.7 Å². The van der Waals surface area contributed by atoms with Gasteiger partial charge in [0.05, 0.1) is 6.04 Å². The van der Waals surface area contributed by atoms with E-state index in [4.69, 9.17) is 12.2 Å². The third-order valence-electron chi connectivity index (χ3n) is 5.94. The second-order valence-electron chi connectivity index (χ2n) is 8.89. The topological polar surface area (TPSA) is 24.1 Å². The molecule has 0 bridgehead atoms. The fraction of sp³-hybridized carbons (Fsp3) is 0.320. The average molecular weight is 389 g/mol. The second kappa shape index (κ2) is 7.56. The predicted octanol–water partition coefficient (Wildman–Crippen LogP) is 6.00. The molecule has 2 aliphatic rings. The summed E-state index contributed by atoms with van der Waals surface area (Å²) in [6.45, 7) is 7.07. The molecule has 2 N–H and O–H groups in total. The van der Waals surface area contributed by atoms with E-state index in [1.807, 2.05) is 0 Å². The van der Waals surface area contributed by atoms with Gasteiger partial charge in [-0.2, -0.15) is 0 Å². The van der Waals surface area contributed by atoms with E-state index in [0.29, 0.717) is 11.0 Å². The predicted molar refractivity (Wildman–Crippen MR) is 122 cm³/mol. The van der Waals surface area contributed by atoms with E-state index in [-0.39, 0.29) is 11.5 Å². The monoisotopic (exact) mass is 388 g/mol. The van der Waals surface area contributed by atoms with Crippen LogP contribution in [0.1, 0.15) is 50.8 Å². The van der Waals surface area contributed by atoms with Crippen LogP contribution in [0.3, 0.4) is 0 Å². The molecule has 0 radical (unpaired) electrons. The van der Waals surface area contributed by atoms with Gasteiger partial charge in [-0.3, -0.25) is 0 Å². The van der Waals surface area contributed by atoms with Gasteiger partial charge in [0.25, 0.3) is 0 Å². The van der Waals surface area contributed by atoms with Crippen LogP contribution in [-0.2, 0) is 0 Å². The summed E-state index contributed by atoms with van der Waals surface area (Å²) < 4.78 is 0. The Balaban J connectivity index is 1.84. The fourth-order valence-corrected chi connectivity index (χ4v) is 4.45. The molecule has 0 saturated heterocycles. The van der Waals surface area contributed by atoms with Crippen molar-refractivity contribution < 1.29 is 0 Å². The zero-order chi connectivity index (χ0) is 19.7. The highest BCUT2D eigenvalue weighted by molar-refractivity contribution is 7.80. The number of rotatable bonds is 2. The molecule has 3 heteroatoms. The second-order valence-corrected chi connectivity index (χ2v) is 9.30. The van der Waals surface area contributed by atoms with E-state index >= 15 is 0 Å². The quantitative estimate of drug-likeness (QED) is 0.617. The van der Waals surface area contributed by atoms with Crippen molar-refractivity contribution in [1.29, 1.82) is 0 Å². The first-order valence-electron chi connectivity index (χ1n) is 10.0. The van der Waals surface area contributed by atoms with Gasteiger partial charge in [0.2, 0.25) is 0 Å². The van der Waals surface area contributed by atoms with E-state index in [0.717, 1.165) is 12.8 Å². The van der Waals surface area contributed by atoms with Crippen molar-refractivity contribution in [3.05, 3.63) is 88.6 Å². The molecule has 0 saturated carbocycles. The Labute approximate surface area is 173 Å². The van der Waals surface area contributed by atoms with Crippen LogP contribution in [0.4, 0.5) is 0 Å². The molecule has 1 aliphatic carbocycles. The summed E-state index contributed by atoms with van der Waals surface area (Å²) in [5, 5.41) is 7.72. The summed E-state index contributed by atoms with van der Waals surface area (Å²) in [7, 11) is 0. The molecule has 2 aromatic carbocycles. The average Bonchev–Trinajstić information content (AvgIpc) is 2.68. The van der Waals surface area contributed by atoms with Crippen LogP contribution in [0.15, 0.2) is 77.5 Å². The maximum atomic E-state index is 5.59. The number of hydrogen-bond donors (Lipinski definition) is 2. The van der Waals surface area contributed by atoms with E-state index in [1.54, 1.807) is 0 Å². The molecule has 1 heterocycles. The Kier molecular flexibility index (Phi) is 5.11. The standard InChI is InChI=1S/C25H28N2S/c1-25(2,3)20-15-19(14-17-10-6-4-7-11-17)23-21(16-20)22(26-24(28)27-23)18-12-8-5-9-13-18/h4-14,20,22H,15-16H2,1-3H3,(H2,26,27,28)/b19-14+/t20-,22-/m0/s1. The van der Waals surface area contributed by atoms with Crippen molar-refractivity contribution >= 4 is 23.4 Å². The molecule has 144 valence electrons. The largest absolute Gasteiger partial charge is 0.352 e. The molecular formula is C25H28N2S. The van der Waals surface area contributed by atoms with Gasteiger partial charge < -0.3 is 10.6 Å². The van der Waals surface area contributed by atoms with Gasteiger partial charge in [-0.1, -0.05) is 81.4 Å². The third-order valence-corrected chi connectivity index (χ3v) is 6.16. The highest BCUT2D eigenvalue weighted by Crippen LogP contribution is 2.46. The number of hydrogen-bond acceptors (Lipinski definition) is 1. The zero-order valence-corrected chi connectivity index (χ0v) is 17.6. The number of benzene rings is 2. The van der Waals surface area contributed by atoms with Gasteiger partial charge in [0.15, 0.2) is 5.11 Å². The zero-order valence-electron chi connectivity index (χ0n) is 16.8. The van der Waals surface area contributed by atoms with Gasteiger partial charge in [-0.25, -0.2) is 0 Å². The Morgan fingerprint density at radius 2 is 1.57 bits per heavy atom. The molecule has 0 amide bonds. The molecule has 1 aliphatic heterocycles. The van der Waals surface area contributed by atoms with Crippen molar-refractivity contribution in [2.45, 2.75) is 39.7 Å². The van der Waals surface area contributed by atoms with Crippen LogP contribution < -0.4 is 10.6 Å². The van der Waals surface area contributed by atoms with Gasteiger partial charge in [0, 0.05) is 5.70 Å². The van der Waals surface area contributed by atoms with Crippen molar-refractivity contribution in [2.75, 3.05) is 0 Å². The maximum absolute atomic E-state index is 5.59. The smallest absolute Gasteiger partial charge is 0.171 e. The minimum Gasteiger partial charge on any atom is -0.352 e. The summed E-state index contributed by atoms with van der Waals surface area (Å²) in [5.41, 5.74) is 6.76. The third kappa shape index (κ3) is 3.90. The van der Waals surface area contributed by atoms with Crippen LogP contribution in [-0.4, -0.2) is 5.11 Å². The molecule has 4 rings (SSSR count). The van der Waals surface area contributed by atoms with Crippen LogP contribution in [0.2, 0.25) is 0 Å². The minimum atomic E-state index is 0.134. The van der Waals surface area contributed by atoms with Crippen molar-refractivity contribution in [3.63, 3.8) is 0 Å². The number of thiocarbonyl (C=S) groups is 1. The molecule has 2 aromatic rings. The SMILES string of the molecule is CC(C)(C)[C@@H]1CC2=C(NC(=S)N[C@H]2c2ccccc2)/C(=C/c2ccccc2)C1. The van der Waals surface area contributed by atoms with E-state index in [1.165, 1.54) is 28.0 Å². The maximum Gasteiger partial charge on any atom is 0.171 e. The first-order chi connectivity index (χ1) is 13.4. The van der Waals surface area contributed by atoms with Crippen LogP contribution in [0.5, 0.6) is 0 Å². The number of allylic oxidation sites excluding steroid dienone is 1. The molecule has 0 fully saturated rings. The lowest BCUT2D eigenvalue weighted by atomic mass is 9.68. The lowest BCUT2D eigenvalue weighted by Gasteiger charge is -2.42. The molecule has 2 atom stereocenters. The van der Waals surface area contributed by atoms with Crippen molar-refractivity contribution in [2.24, 2.45) is 11.3 Å². The first-order valence-corrected chi connectivity index (χ1v) is 10.4. The van der Waals surface area contributed by atoms with Crippen molar-refractivity contribution in [1.82, 2.24) is 10.6 Å². The fourth-order valence-electron chi connectivity index (χ4n) is 4.23. The normalized spacial score (nSPS) is 23.8. The van der Waals surface area contributed by atoms with E-state index in [2.05, 4.69) is 98.1 Å². The summed E-state index contributed by atoms with van der Waals surface area (Å²) >= 11 is 5.59. The van der Waals surface area contributed by atoms with Gasteiger partial charge in [0.1, 0.15) is 0 Å². The highest BCUT2D eigenvalue weighted by atomic mass is 32.1. The van der Waals surface area contributed by atoms with Crippen LogP contribution in [0, 0.1) is 11.3 Å². The molecule has 0 aromatic heterocycles. The summed E-state index contributed by atoms with van der Waals surface area (Å²) in [5.74, 6) is 0.586. The van der Waals surface area contributed by atoms with Gasteiger partial charge >= 0.3 is 0 Å². The molecular weight excluding hydrogens is 360 g/mol. The molecule has 0 unspecified atom stereocenters. The first kappa shape index (κ1) is 18.9. The summed E-state index contributed by atoms with van der Waals surface area (Å²) in [6.07, 6.45) is 4.47. The summed E-state index contributed by atoms with van der Waals surface area (Å²) in [4.78, 5) is 0. The number of nitrogens with one attached hydrogen (secondary N) is 2. The lowest BCUT2D eigenvalue weighted by Crippen LogP contribution is -2.46. The van der Waals surface area contributed by atoms with E-state index < -0.39 is 0 Å². The Morgan fingerprint density at radius 3 is 2.21 bits per heavy atom. The van der Waals surface area contributed by atoms with Crippen LogP contribution in [0.25, 0.3) is 6.08 Å². The Hall–Kier alpha value is -2.39. The molecule has 0 spiro atoms. The molecule has 28 heavy (non-hydrogen) atoms.